The van der Waals surface area contributed by atoms with Gasteiger partial charge in [-0.2, -0.15) is 0 Å². The van der Waals surface area contributed by atoms with Crippen molar-refractivity contribution in [3.05, 3.63) is 34.8 Å². The summed E-state index contributed by atoms with van der Waals surface area (Å²) in [6.07, 6.45) is 4.50. The van der Waals surface area contributed by atoms with Crippen molar-refractivity contribution in [2.24, 2.45) is 11.8 Å². The average molecular weight is 470 g/mol. The van der Waals surface area contributed by atoms with Gasteiger partial charge < -0.3 is 15.1 Å². The molecule has 2 aliphatic heterocycles. The Morgan fingerprint density at radius 1 is 1.12 bits per heavy atom. The van der Waals surface area contributed by atoms with E-state index in [1.165, 1.54) is 11.3 Å². The van der Waals surface area contributed by atoms with Gasteiger partial charge in [0.05, 0.1) is 5.92 Å². The number of nitrogens with zero attached hydrogens (tertiary/aromatic N) is 4. The fraction of sp³-hybridized carbons (Fsp3) is 0.542. The summed E-state index contributed by atoms with van der Waals surface area (Å²) in [5.74, 6) is -0.524. The second-order valence-electron chi connectivity index (χ2n) is 8.93. The van der Waals surface area contributed by atoms with Crippen LogP contribution in [-0.2, 0) is 20.8 Å². The molecule has 3 amide bonds. The number of carbonyl (C=O) groups excluding carboxylic acids is 3. The second kappa shape index (κ2) is 10.4. The van der Waals surface area contributed by atoms with Crippen molar-refractivity contribution < 1.29 is 14.4 Å². The Bertz CT molecular complexity index is 998. The number of carbonyl (C=O) groups is 3. The number of likely N-dealkylation sites (tertiary alicyclic amines) is 1. The molecular weight excluding hydrogens is 438 g/mol. The SMILES string of the molecule is CCCCc1nnc(NC(=O)C2CCN(C(=O)[C@@H]3CC(=O)N(c4ccc(C)cc4)C3)CC2)s1. The summed E-state index contributed by atoms with van der Waals surface area (Å²) in [5.41, 5.74) is 1.97. The predicted octanol–water partition coefficient (Wildman–Crippen LogP) is 3.42. The number of anilines is 2. The molecule has 9 heteroatoms. The van der Waals surface area contributed by atoms with Gasteiger partial charge in [-0.25, -0.2) is 0 Å². The molecule has 1 atom stereocenters. The summed E-state index contributed by atoms with van der Waals surface area (Å²) in [4.78, 5) is 41.8. The molecule has 3 heterocycles. The van der Waals surface area contributed by atoms with Crippen LogP contribution in [0.25, 0.3) is 0 Å². The van der Waals surface area contributed by atoms with E-state index in [0.29, 0.717) is 37.6 Å². The Labute approximate surface area is 198 Å². The lowest BCUT2D eigenvalue weighted by atomic mass is 9.94. The van der Waals surface area contributed by atoms with Gasteiger partial charge in [0.2, 0.25) is 22.9 Å². The van der Waals surface area contributed by atoms with E-state index in [0.717, 1.165) is 35.5 Å². The zero-order valence-corrected chi connectivity index (χ0v) is 20.1. The van der Waals surface area contributed by atoms with Crippen molar-refractivity contribution in [3.8, 4) is 0 Å². The molecule has 2 aliphatic rings. The molecule has 0 spiro atoms. The molecule has 1 N–H and O–H groups in total. The maximum absolute atomic E-state index is 13.1. The van der Waals surface area contributed by atoms with E-state index < -0.39 is 0 Å². The van der Waals surface area contributed by atoms with Crippen LogP contribution in [0, 0.1) is 18.8 Å². The predicted molar refractivity (Wildman–Crippen MR) is 128 cm³/mol. The molecule has 1 aromatic carbocycles. The summed E-state index contributed by atoms with van der Waals surface area (Å²) in [6.45, 7) is 5.61. The highest BCUT2D eigenvalue weighted by Crippen LogP contribution is 2.28. The third-order valence-electron chi connectivity index (χ3n) is 6.44. The number of rotatable bonds is 7. The minimum atomic E-state index is -0.327. The molecule has 2 fully saturated rings. The van der Waals surface area contributed by atoms with Crippen LogP contribution in [0.5, 0.6) is 0 Å². The van der Waals surface area contributed by atoms with Gasteiger partial charge in [-0.3, -0.25) is 14.4 Å². The Kier molecular flexibility index (Phi) is 7.37. The first kappa shape index (κ1) is 23.4. The molecule has 0 radical (unpaired) electrons. The van der Waals surface area contributed by atoms with Crippen LogP contribution in [0.2, 0.25) is 0 Å². The summed E-state index contributed by atoms with van der Waals surface area (Å²) >= 11 is 1.43. The number of aryl methyl sites for hydroxylation is 2. The Hall–Kier alpha value is -2.81. The molecule has 0 aliphatic carbocycles. The Morgan fingerprint density at radius 3 is 2.55 bits per heavy atom. The average Bonchev–Trinajstić information content (AvgIpc) is 3.44. The number of aromatic nitrogens is 2. The van der Waals surface area contributed by atoms with E-state index in [9.17, 15) is 14.4 Å². The lowest BCUT2D eigenvalue weighted by Gasteiger charge is -2.32. The maximum Gasteiger partial charge on any atom is 0.229 e. The van der Waals surface area contributed by atoms with Crippen molar-refractivity contribution in [2.45, 2.75) is 52.4 Å². The van der Waals surface area contributed by atoms with Crippen LogP contribution >= 0.6 is 11.3 Å². The van der Waals surface area contributed by atoms with E-state index in [1.807, 2.05) is 36.1 Å². The smallest absolute Gasteiger partial charge is 0.229 e. The first-order valence-electron chi connectivity index (χ1n) is 11.7. The number of unbranched alkanes of at least 4 members (excludes halogenated alkanes) is 1. The van der Waals surface area contributed by atoms with E-state index in [2.05, 4.69) is 22.4 Å². The summed E-state index contributed by atoms with van der Waals surface area (Å²) in [7, 11) is 0. The van der Waals surface area contributed by atoms with Crippen LogP contribution in [0.3, 0.4) is 0 Å². The van der Waals surface area contributed by atoms with Gasteiger partial charge in [0, 0.05) is 44.1 Å². The van der Waals surface area contributed by atoms with Crippen molar-refractivity contribution in [3.63, 3.8) is 0 Å². The third-order valence-corrected chi connectivity index (χ3v) is 7.34. The molecule has 8 nitrogen and oxygen atoms in total. The first-order chi connectivity index (χ1) is 15.9. The summed E-state index contributed by atoms with van der Waals surface area (Å²) in [6, 6.07) is 7.80. The molecule has 0 unspecified atom stereocenters. The van der Waals surface area contributed by atoms with Crippen molar-refractivity contribution >= 4 is 39.9 Å². The highest BCUT2D eigenvalue weighted by atomic mass is 32.1. The highest BCUT2D eigenvalue weighted by Gasteiger charge is 2.38. The van der Waals surface area contributed by atoms with Crippen molar-refractivity contribution in [1.82, 2.24) is 15.1 Å². The van der Waals surface area contributed by atoms with E-state index in [-0.39, 0.29) is 36.0 Å². The lowest BCUT2D eigenvalue weighted by molar-refractivity contribution is -0.138. The van der Waals surface area contributed by atoms with Gasteiger partial charge >= 0.3 is 0 Å². The summed E-state index contributed by atoms with van der Waals surface area (Å²) < 4.78 is 0. The standard InChI is InChI=1S/C24H31N5O3S/c1-3-4-5-20-26-27-24(33-20)25-22(31)17-10-12-28(13-11-17)23(32)18-14-21(30)29(15-18)19-8-6-16(2)7-9-19/h6-9,17-18H,3-5,10-15H2,1-2H3,(H,25,27,31)/t18-/m1/s1. The quantitative estimate of drug-likeness (QED) is 0.670. The van der Waals surface area contributed by atoms with E-state index in [4.69, 9.17) is 0 Å². The van der Waals surface area contributed by atoms with Crippen LogP contribution in [0.1, 0.15) is 49.6 Å². The molecule has 4 rings (SSSR count). The number of hydrogen-bond donors (Lipinski definition) is 1. The van der Waals surface area contributed by atoms with Crippen LogP contribution in [-0.4, -0.2) is 52.5 Å². The zero-order valence-electron chi connectivity index (χ0n) is 19.2. The Morgan fingerprint density at radius 2 is 1.85 bits per heavy atom. The first-order valence-corrected chi connectivity index (χ1v) is 12.5. The molecule has 33 heavy (non-hydrogen) atoms. The second-order valence-corrected chi connectivity index (χ2v) is 10.00. The van der Waals surface area contributed by atoms with Gasteiger partial charge in [0.25, 0.3) is 0 Å². The maximum atomic E-state index is 13.1. The van der Waals surface area contributed by atoms with Crippen LogP contribution in [0.4, 0.5) is 10.8 Å². The molecule has 0 saturated carbocycles. The van der Waals surface area contributed by atoms with E-state index in [1.54, 1.807) is 4.90 Å². The number of amides is 3. The van der Waals surface area contributed by atoms with Gasteiger partial charge in [-0.15, -0.1) is 10.2 Å². The highest BCUT2D eigenvalue weighted by molar-refractivity contribution is 7.15. The van der Waals surface area contributed by atoms with Gasteiger partial charge in [-0.1, -0.05) is 42.4 Å². The molecule has 1 aromatic heterocycles. The van der Waals surface area contributed by atoms with Crippen LogP contribution < -0.4 is 10.2 Å². The minimum absolute atomic E-state index is 0.0122. The molecule has 176 valence electrons. The fourth-order valence-corrected chi connectivity index (χ4v) is 5.19. The van der Waals surface area contributed by atoms with Gasteiger partial charge in [0.1, 0.15) is 5.01 Å². The van der Waals surface area contributed by atoms with Crippen molar-refractivity contribution in [2.75, 3.05) is 29.9 Å². The topological polar surface area (TPSA) is 95.5 Å². The lowest BCUT2D eigenvalue weighted by Crippen LogP contribution is -2.44. The largest absolute Gasteiger partial charge is 0.342 e. The van der Waals surface area contributed by atoms with Crippen LogP contribution in [0.15, 0.2) is 24.3 Å². The van der Waals surface area contributed by atoms with E-state index >= 15 is 0 Å². The molecule has 2 saturated heterocycles. The van der Waals surface area contributed by atoms with Gasteiger partial charge in [-0.05, 0) is 38.3 Å². The number of benzene rings is 1. The van der Waals surface area contributed by atoms with Gasteiger partial charge in [0.15, 0.2) is 0 Å². The monoisotopic (exact) mass is 469 g/mol. The minimum Gasteiger partial charge on any atom is -0.342 e. The number of hydrogen-bond acceptors (Lipinski definition) is 6. The van der Waals surface area contributed by atoms with Crippen molar-refractivity contribution in [1.29, 1.82) is 0 Å². The fourth-order valence-electron chi connectivity index (χ4n) is 4.41. The molecule has 2 aromatic rings. The normalized spacial score (nSPS) is 19.2. The zero-order chi connectivity index (χ0) is 23.4. The number of nitrogens with one attached hydrogen (secondary N) is 1. The number of piperidine rings is 1. The molecule has 0 bridgehead atoms. The Balaban J connectivity index is 1.26. The summed E-state index contributed by atoms with van der Waals surface area (Å²) in [5, 5.41) is 12.6. The third kappa shape index (κ3) is 5.58. The molecular formula is C24H31N5O3S.